The predicted molar refractivity (Wildman–Crippen MR) is 99.3 cm³/mol. The Morgan fingerprint density at radius 2 is 1.85 bits per heavy atom. The second-order valence-corrected chi connectivity index (χ2v) is 8.56. The molecule has 27 heavy (non-hydrogen) atoms. The van der Waals surface area contributed by atoms with Gasteiger partial charge in [0.1, 0.15) is 12.4 Å². The van der Waals surface area contributed by atoms with Crippen molar-refractivity contribution in [3.8, 4) is 0 Å². The molecule has 0 unspecified atom stereocenters. The van der Waals surface area contributed by atoms with E-state index in [0.29, 0.717) is 24.2 Å². The lowest BCUT2D eigenvalue weighted by atomic mass is 10.1. The van der Waals surface area contributed by atoms with Gasteiger partial charge >= 0.3 is 5.97 Å². The number of benzene rings is 2. The van der Waals surface area contributed by atoms with Gasteiger partial charge in [0.25, 0.3) is 0 Å². The first-order valence-corrected chi connectivity index (χ1v) is 10.3. The number of halogens is 1. The molecular weight excluding hydrogens is 369 g/mol. The summed E-state index contributed by atoms with van der Waals surface area (Å²) >= 11 is 0. The number of ether oxygens (including phenoxy) is 1. The molecule has 0 N–H and O–H groups in total. The van der Waals surface area contributed by atoms with E-state index >= 15 is 0 Å². The number of carbonyl (C=O) groups is 1. The van der Waals surface area contributed by atoms with Crippen LogP contribution in [-0.4, -0.2) is 31.8 Å². The van der Waals surface area contributed by atoms with E-state index in [2.05, 4.69) is 0 Å². The summed E-state index contributed by atoms with van der Waals surface area (Å²) in [7, 11) is -3.65. The first kappa shape index (κ1) is 19.5. The molecule has 2 aromatic rings. The summed E-state index contributed by atoms with van der Waals surface area (Å²) in [6.07, 6.45) is 2.71. The van der Waals surface area contributed by atoms with E-state index in [1.165, 1.54) is 28.6 Å². The van der Waals surface area contributed by atoms with Crippen LogP contribution in [0, 0.1) is 12.7 Å². The molecule has 0 aromatic heterocycles. The van der Waals surface area contributed by atoms with Gasteiger partial charge in [-0.25, -0.2) is 17.6 Å². The SMILES string of the molecule is Cc1ccc(C(=O)OCc2cccc(F)c2)cc1S(=O)(=O)N1CCCCC1. The number of esters is 1. The summed E-state index contributed by atoms with van der Waals surface area (Å²) in [6.45, 7) is 2.61. The van der Waals surface area contributed by atoms with Gasteiger partial charge in [0.05, 0.1) is 10.5 Å². The molecule has 0 bridgehead atoms. The van der Waals surface area contributed by atoms with Crippen LogP contribution in [0.1, 0.15) is 40.7 Å². The van der Waals surface area contributed by atoms with Crippen molar-refractivity contribution in [1.82, 2.24) is 4.31 Å². The highest BCUT2D eigenvalue weighted by atomic mass is 32.2. The Morgan fingerprint density at radius 3 is 2.56 bits per heavy atom. The van der Waals surface area contributed by atoms with Crippen LogP contribution in [0.2, 0.25) is 0 Å². The molecule has 0 atom stereocenters. The van der Waals surface area contributed by atoms with E-state index in [0.717, 1.165) is 19.3 Å². The maximum atomic E-state index is 13.2. The van der Waals surface area contributed by atoms with Crippen LogP contribution in [0.25, 0.3) is 0 Å². The summed E-state index contributed by atoms with van der Waals surface area (Å²) < 4.78 is 45.8. The molecule has 0 saturated carbocycles. The topological polar surface area (TPSA) is 63.7 Å². The quantitative estimate of drug-likeness (QED) is 0.730. The molecule has 144 valence electrons. The molecule has 0 amide bonds. The van der Waals surface area contributed by atoms with Crippen molar-refractivity contribution in [2.75, 3.05) is 13.1 Å². The lowest BCUT2D eigenvalue weighted by Crippen LogP contribution is -2.36. The maximum absolute atomic E-state index is 13.2. The number of hydrogen-bond donors (Lipinski definition) is 0. The highest BCUT2D eigenvalue weighted by molar-refractivity contribution is 7.89. The van der Waals surface area contributed by atoms with E-state index in [1.807, 2.05) is 0 Å². The lowest BCUT2D eigenvalue weighted by Gasteiger charge is -2.26. The van der Waals surface area contributed by atoms with Gasteiger partial charge in [-0.05, 0) is 55.2 Å². The normalized spacial score (nSPS) is 15.5. The first-order valence-electron chi connectivity index (χ1n) is 8.90. The van der Waals surface area contributed by atoms with Crippen molar-refractivity contribution >= 4 is 16.0 Å². The Kier molecular flexibility index (Phi) is 5.92. The summed E-state index contributed by atoms with van der Waals surface area (Å²) in [6, 6.07) is 10.3. The molecular formula is C20H22FNO4S. The molecule has 1 heterocycles. The van der Waals surface area contributed by atoms with Crippen LogP contribution in [0.15, 0.2) is 47.4 Å². The minimum absolute atomic E-state index is 0.0846. The third-order valence-electron chi connectivity index (χ3n) is 4.62. The Bertz CT molecular complexity index is 937. The summed E-state index contributed by atoms with van der Waals surface area (Å²) in [4.78, 5) is 12.5. The number of aryl methyl sites for hydroxylation is 1. The monoisotopic (exact) mass is 391 g/mol. The van der Waals surface area contributed by atoms with Gasteiger partial charge in [-0.1, -0.05) is 24.6 Å². The molecule has 0 spiro atoms. The molecule has 1 fully saturated rings. The second kappa shape index (κ2) is 8.19. The standard InChI is InChI=1S/C20H22FNO4S/c1-15-8-9-17(20(23)26-14-16-6-5-7-18(21)12-16)13-19(15)27(24,25)22-10-3-2-4-11-22/h5-9,12-13H,2-4,10-11,14H2,1H3. The molecule has 5 nitrogen and oxygen atoms in total. The van der Waals surface area contributed by atoms with E-state index in [1.54, 1.807) is 25.1 Å². The summed E-state index contributed by atoms with van der Waals surface area (Å²) in [5.74, 6) is -1.05. The minimum Gasteiger partial charge on any atom is -0.457 e. The highest BCUT2D eigenvalue weighted by Crippen LogP contribution is 2.24. The van der Waals surface area contributed by atoms with Gasteiger partial charge in [-0.15, -0.1) is 0 Å². The van der Waals surface area contributed by atoms with Crippen molar-refractivity contribution in [3.63, 3.8) is 0 Å². The molecule has 1 saturated heterocycles. The van der Waals surface area contributed by atoms with Crippen LogP contribution in [0.3, 0.4) is 0 Å². The van der Waals surface area contributed by atoms with Crippen LogP contribution in [-0.2, 0) is 21.4 Å². The number of carbonyl (C=O) groups excluding carboxylic acids is 1. The lowest BCUT2D eigenvalue weighted by molar-refractivity contribution is 0.0472. The van der Waals surface area contributed by atoms with Crippen LogP contribution in [0.5, 0.6) is 0 Å². The number of sulfonamides is 1. The number of rotatable bonds is 5. The molecule has 0 radical (unpaired) electrons. The van der Waals surface area contributed by atoms with Gasteiger partial charge in [0, 0.05) is 13.1 Å². The van der Waals surface area contributed by atoms with Gasteiger partial charge in [0.2, 0.25) is 10.0 Å². The third kappa shape index (κ3) is 4.54. The fourth-order valence-corrected chi connectivity index (χ4v) is 4.88. The summed E-state index contributed by atoms with van der Waals surface area (Å²) in [5, 5.41) is 0. The molecule has 0 aliphatic carbocycles. The summed E-state index contributed by atoms with van der Waals surface area (Å²) in [5.41, 5.74) is 1.27. The largest absolute Gasteiger partial charge is 0.457 e. The predicted octanol–water partition coefficient (Wildman–Crippen LogP) is 3.67. The molecule has 7 heteroatoms. The van der Waals surface area contributed by atoms with E-state index < -0.39 is 21.8 Å². The van der Waals surface area contributed by atoms with E-state index in [9.17, 15) is 17.6 Å². The van der Waals surface area contributed by atoms with Gasteiger partial charge in [-0.2, -0.15) is 4.31 Å². The smallest absolute Gasteiger partial charge is 0.338 e. The Labute approximate surface area is 158 Å². The molecule has 1 aliphatic rings. The zero-order chi connectivity index (χ0) is 19.4. The number of piperidine rings is 1. The third-order valence-corrected chi connectivity index (χ3v) is 6.66. The van der Waals surface area contributed by atoms with Crippen molar-refractivity contribution in [3.05, 3.63) is 65.0 Å². The van der Waals surface area contributed by atoms with Crippen molar-refractivity contribution in [1.29, 1.82) is 0 Å². The van der Waals surface area contributed by atoms with E-state index in [-0.39, 0.29) is 17.1 Å². The molecule has 2 aromatic carbocycles. The van der Waals surface area contributed by atoms with Crippen LogP contribution < -0.4 is 0 Å². The van der Waals surface area contributed by atoms with Gasteiger partial charge in [-0.3, -0.25) is 0 Å². The Hall–Kier alpha value is -2.25. The molecule has 3 rings (SSSR count). The zero-order valence-electron chi connectivity index (χ0n) is 15.2. The average molecular weight is 391 g/mol. The molecule has 1 aliphatic heterocycles. The minimum atomic E-state index is -3.65. The van der Waals surface area contributed by atoms with Crippen LogP contribution >= 0.6 is 0 Å². The fraction of sp³-hybridized carbons (Fsp3) is 0.350. The van der Waals surface area contributed by atoms with Gasteiger partial charge in [0.15, 0.2) is 0 Å². The van der Waals surface area contributed by atoms with Crippen molar-refractivity contribution < 1.29 is 22.3 Å². The second-order valence-electron chi connectivity index (χ2n) is 6.65. The number of hydrogen-bond acceptors (Lipinski definition) is 4. The first-order chi connectivity index (χ1) is 12.9. The van der Waals surface area contributed by atoms with Crippen molar-refractivity contribution in [2.24, 2.45) is 0 Å². The Morgan fingerprint density at radius 1 is 1.11 bits per heavy atom. The van der Waals surface area contributed by atoms with E-state index in [4.69, 9.17) is 4.74 Å². The maximum Gasteiger partial charge on any atom is 0.338 e. The van der Waals surface area contributed by atoms with Gasteiger partial charge < -0.3 is 4.74 Å². The Balaban J connectivity index is 1.79. The fourth-order valence-electron chi connectivity index (χ4n) is 3.11. The zero-order valence-corrected chi connectivity index (χ0v) is 16.0. The van der Waals surface area contributed by atoms with Crippen molar-refractivity contribution in [2.45, 2.75) is 37.7 Å². The number of nitrogens with zero attached hydrogens (tertiary/aromatic N) is 1. The van der Waals surface area contributed by atoms with Crippen LogP contribution in [0.4, 0.5) is 4.39 Å². The highest BCUT2D eigenvalue weighted by Gasteiger charge is 2.28. The average Bonchev–Trinajstić information content (AvgIpc) is 2.67.